The molecule has 2 rings (SSSR count). The van der Waals surface area contributed by atoms with Gasteiger partial charge in [-0.3, -0.25) is 13.9 Å². The minimum atomic E-state index is -0.292. The maximum Gasteiger partial charge on any atom is 0.332 e. The summed E-state index contributed by atoms with van der Waals surface area (Å²) in [7, 11) is 0. The van der Waals surface area contributed by atoms with E-state index in [1.54, 1.807) is 6.92 Å². The van der Waals surface area contributed by atoms with E-state index in [9.17, 15) is 9.59 Å². The van der Waals surface area contributed by atoms with Crippen molar-refractivity contribution in [1.82, 2.24) is 19.1 Å². The Kier molecular flexibility index (Phi) is 3.11. The molecule has 2 aromatic rings. The molecule has 18 heavy (non-hydrogen) atoms. The molecule has 0 aromatic carbocycles. The van der Waals surface area contributed by atoms with Gasteiger partial charge in [0, 0.05) is 19.0 Å². The lowest BCUT2D eigenvalue weighted by molar-refractivity contribution is 0.605. The molecule has 6 heteroatoms. The zero-order valence-electron chi connectivity index (χ0n) is 11.1. The number of nitrogens with one attached hydrogen (secondary N) is 1. The van der Waals surface area contributed by atoms with Gasteiger partial charge in [0.1, 0.15) is 11.3 Å². The van der Waals surface area contributed by atoms with E-state index in [0.717, 1.165) is 5.82 Å². The fourth-order valence-electron chi connectivity index (χ4n) is 2.02. The van der Waals surface area contributed by atoms with Gasteiger partial charge in [0.2, 0.25) is 0 Å². The maximum atomic E-state index is 12.2. The summed E-state index contributed by atoms with van der Waals surface area (Å²) in [6.07, 6.45) is 0. The van der Waals surface area contributed by atoms with Crippen molar-refractivity contribution in [3.8, 4) is 0 Å². The third-order valence-corrected chi connectivity index (χ3v) is 3.06. The molecule has 0 saturated carbocycles. The number of H-pyrrole nitrogens is 1. The fraction of sp³-hybridized carbons (Fsp3) is 0.583. The number of hydrogen-bond acceptors (Lipinski definition) is 3. The standard InChI is InChI=1S/C12H18N4O2/c1-5-15-10-8(13-9(14-10)7(3)4)11(17)16(6-2)12(15)18/h7H,5-6H2,1-4H3,(H,13,14). The average Bonchev–Trinajstić information content (AvgIpc) is 2.75. The molecule has 0 saturated heterocycles. The molecule has 0 aliphatic carbocycles. The summed E-state index contributed by atoms with van der Waals surface area (Å²) < 4.78 is 2.76. The minimum absolute atomic E-state index is 0.187. The quantitative estimate of drug-likeness (QED) is 0.885. The molecular formula is C12H18N4O2. The molecule has 0 amide bonds. The fourth-order valence-corrected chi connectivity index (χ4v) is 2.02. The van der Waals surface area contributed by atoms with Crippen molar-refractivity contribution in [3.05, 3.63) is 26.7 Å². The van der Waals surface area contributed by atoms with E-state index in [-0.39, 0.29) is 17.2 Å². The van der Waals surface area contributed by atoms with Crippen LogP contribution in [0.4, 0.5) is 0 Å². The maximum absolute atomic E-state index is 12.2. The first kappa shape index (κ1) is 12.6. The second-order valence-corrected chi connectivity index (χ2v) is 4.55. The van der Waals surface area contributed by atoms with Crippen LogP contribution in [0.25, 0.3) is 11.2 Å². The van der Waals surface area contributed by atoms with Crippen LogP contribution in [0.5, 0.6) is 0 Å². The normalized spacial score (nSPS) is 11.6. The highest BCUT2D eigenvalue weighted by atomic mass is 16.2. The Balaban J connectivity index is 2.95. The lowest BCUT2D eigenvalue weighted by Crippen LogP contribution is -2.39. The zero-order chi connectivity index (χ0) is 13.4. The highest BCUT2D eigenvalue weighted by molar-refractivity contribution is 5.69. The van der Waals surface area contributed by atoms with Gasteiger partial charge in [-0.1, -0.05) is 13.8 Å². The van der Waals surface area contributed by atoms with Crippen molar-refractivity contribution < 1.29 is 0 Å². The molecule has 0 unspecified atom stereocenters. The SMILES string of the molecule is CCn1c(=O)c2[nH]c(C(C)C)nc2n(CC)c1=O. The Morgan fingerprint density at radius 3 is 2.28 bits per heavy atom. The lowest BCUT2D eigenvalue weighted by atomic mass is 10.2. The van der Waals surface area contributed by atoms with Gasteiger partial charge in [-0.05, 0) is 13.8 Å². The number of imidazole rings is 1. The summed E-state index contributed by atoms with van der Waals surface area (Å²) in [6.45, 7) is 8.50. The molecule has 0 aliphatic rings. The largest absolute Gasteiger partial charge is 0.336 e. The minimum Gasteiger partial charge on any atom is -0.336 e. The third-order valence-electron chi connectivity index (χ3n) is 3.06. The van der Waals surface area contributed by atoms with E-state index in [1.165, 1.54) is 9.13 Å². The highest BCUT2D eigenvalue weighted by Crippen LogP contribution is 2.13. The number of fused-ring (bicyclic) bond motifs is 1. The van der Waals surface area contributed by atoms with Gasteiger partial charge in [-0.25, -0.2) is 9.78 Å². The molecule has 0 spiro atoms. The molecule has 0 aliphatic heterocycles. The van der Waals surface area contributed by atoms with Crippen LogP contribution in [0.3, 0.4) is 0 Å². The number of hydrogen-bond donors (Lipinski definition) is 1. The van der Waals surface area contributed by atoms with E-state index in [4.69, 9.17) is 0 Å². The first-order valence-electron chi connectivity index (χ1n) is 6.24. The molecule has 2 heterocycles. The van der Waals surface area contributed by atoms with Gasteiger partial charge in [-0.15, -0.1) is 0 Å². The van der Waals surface area contributed by atoms with Gasteiger partial charge in [0.05, 0.1) is 0 Å². The van der Waals surface area contributed by atoms with Gasteiger partial charge < -0.3 is 4.98 Å². The monoisotopic (exact) mass is 250 g/mol. The zero-order valence-corrected chi connectivity index (χ0v) is 11.1. The smallest absolute Gasteiger partial charge is 0.332 e. The van der Waals surface area contributed by atoms with Crippen LogP contribution in [0, 0.1) is 0 Å². The van der Waals surface area contributed by atoms with E-state index >= 15 is 0 Å². The van der Waals surface area contributed by atoms with Crippen molar-refractivity contribution >= 4 is 11.2 Å². The van der Waals surface area contributed by atoms with Crippen molar-refractivity contribution in [3.63, 3.8) is 0 Å². The van der Waals surface area contributed by atoms with Crippen LogP contribution in [0.2, 0.25) is 0 Å². The summed E-state index contributed by atoms with van der Waals surface area (Å²) in [5, 5.41) is 0. The van der Waals surface area contributed by atoms with E-state index in [0.29, 0.717) is 24.3 Å². The summed E-state index contributed by atoms with van der Waals surface area (Å²) in [5.41, 5.74) is 0.295. The van der Waals surface area contributed by atoms with Gasteiger partial charge in [-0.2, -0.15) is 0 Å². The predicted octanol–water partition coefficient (Wildman–Crippen LogP) is 1.05. The first-order valence-corrected chi connectivity index (χ1v) is 6.24. The summed E-state index contributed by atoms with van der Waals surface area (Å²) >= 11 is 0. The predicted molar refractivity (Wildman–Crippen MR) is 70.1 cm³/mol. The second-order valence-electron chi connectivity index (χ2n) is 4.55. The van der Waals surface area contributed by atoms with Crippen LogP contribution in [0.1, 0.15) is 39.4 Å². The third kappa shape index (κ3) is 1.68. The number of aryl methyl sites for hydroxylation is 1. The number of rotatable bonds is 3. The van der Waals surface area contributed by atoms with Crippen molar-refractivity contribution in [2.24, 2.45) is 0 Å². The Morgan fingerprint density at radius 2 is 1.78 bits per heavy atom. The van der Waals surface area contributed by atoms with Crippen molar-refractivity contribution in [2.45, 2.75) is 46.7 Å². The first-order chi connectivity index (χ1) is 8.51. The Morgan fingerprint density at radius 1 is 1.17 bits per heavy atom. The summed E-state index contributed by atoms with van der Waals surface area (Å²) in [6, 6.07) is 0. The average molecular weight is 250 g/mol. The van der Waals surface area contributed by atoms with Crippen LogP contribution in [-0.2, 0) is 13.1 Å². The Labute approximate surface area is 104 Å². The molecule has 0 radical (unpaired) electrons. The van der Waals surface area contributed by atoms with Crippen LogP contribution in [0.15, 0.2) is 9.59 Å². The molecule has 98 valence electrons. The van der Waals surface area contributed by atoms with Crippen molar-refractivity contribution in [2.75, 3.05) is 0 Å². The number of aromatic amines is 1. The molecule has 2 aromatic heterocycles. The second kappa shape index (κ2) is 4.44. The van der Waals surface area contributed by atoms with Gasteiger partial charge >= 0.3 is 5.69 Å². The van der Waals surface area contributed by atoms with E-state index in [1.807, 2.05) is 20.8 Å². The van der Waals surface area contributed by atoms with Gasteiger partial charge in [0.15, 0.2) is 5.65 Å². The Bertz CT molecular complexity index is 690. The van der Waals surface area contributed by atoms with Crippen LogP contribution < -0.4 is 11.2 Å². The van der Waals surface area contributed by atoms with Crippen molar-refractivity contribution in [1.29, 1.82) is 0 Å². The molecular weight excluding hydrogens is 232 g/mol. The van der Waals surface area contributed by atoms with Crippen LogP contribution >= 0.6 is 0 Å². The summed E-state index contributed by atoms with van der Waals surface area (Å²) in [4.78, 5) is 31.7. The van der Waals surface area contributed by atoms with Gasteiger partial charge in [0.25, 0.3) is 5.56 Å². The molecule has 0 fully saturated rings. The lowest BCUT2D eigenvalue weighted by Gasteiger charge is -2.06. The summed E-state index contributed by atoms with van der Waals surface area (Å²) in [5.74, 6) is 0.921. The molecule has 0 atom stereocenters. The van der Waals surface area contributed by atoms with E-state index in [2.05, 4.69) is 9.97 Å². The Hall–Kier alpha value is -1.85. The number of aromatic nitrogens is 4. The highest BCUT2D eigenvalue weighted by Gasteiger charge is 2.16. The van der Waals surface area contributed by atoms with E-state index < -0.39 is 0 Å². The number of nitrogens with zero attached hydrogens (tertiary/aromatic N) is 3. The van der Waals surface area contributed by atoms with Crippen LogP contribution in [-0.4, -0.2) is 19.1 Å². The molecule has 1 N–H and O–H groups in total. The topological polar surface area (TPSA) is 72.7 Å². The molecule has 6 nitrogen and oxygen atoms in total. The molecule has 0 bridgehead atoms.